The van der Waals surface area contributed by atoms with E-state index in [9.17, 15) is 0 Å². The predicted octanol–water partition coefficient (Wildman–Crippen LogP) is 2.81. The van der Waals surface area contributed by atoms with Gasteiger partial charge in [-0.05, 0) is 37.0 Å². The van der Waals surface area contributed by atoms with E-state index in [0.29, 0.717) is 18.8 Å². The molecule has 30 heavy (non-hydrogen) atoms. The molecule has 1 aliphatic rings. The third-order valence-corrected chi connectivity index (χ3v) is 5.72. The maximum Gasteiger partial charge on any atom is 0.167 e. The van der Waals surface area contributed by atoms with Gasteiger partial charge in [-0.25, -0.2) is 9.97 Å². The Morgan fingerprint density at radius 3 is 2.83 bits per heavy atom. The minimum Gasteiger partial charge on any atom is -0.497 e. The van der Waals surface area contributed by atoms with E-state index < -0.39 is 0 Å². The summed E-state index contributed by atoms with van der Waals surface area (Å²) in [5.74, 6) is 8.58. The molecule has 1 aliphatic heterocycles. The number of hydrogen-bond acceptors (Lipinski definition) is 7. The predicted molar refractivity (Wildman–Crippen MR) is 112 cm³/mol. The van der Waals surface area contributed by atoms with Gasteiger partial charge in [0.05, 0.1) is 25.0 Å². The fraction of sp³-hybridized carbons (Fsp3) is 0.238. The van der Waals surface area contributed by atoms with Crippen LogP contribution in [0.25, 0.3) is 17.1 Å². The Morgan fingerprint density at radius 2 is 2.07 bits per heavy atom. The zero-order valence-corrected chi connectivity index (χ0v) is 17.5. The van der Waals surface area contributed by atoms with Crippen LogP contribution in [0.1, 0.15) is 27.1 Å². The number of ether oxygens (including phenoxy) is 2. The summed E-state index contributed by atoms with van der Waals surface area (Å²) in [6.45, 7) is 2.90. The molecule has 5 rings (SSSR count). The summed E-state index contributed by atoms with van der Waals surface area (Å²) >= 11 is 1.57. The van der Waals surface area contributed by atoms with Crippen molar-refractivity contribution in [3.8, 4) is 34.7 Å². The minimum atomic E-state index is 0.361. The summed E-state index contributed by atoms with van der Waals surface area (Å²) in [6, 6.07) is 5.89. The van der Waals surface area contributed by atoms with Crippen LogP contribution in [0.4, 0.5) is 0 Å². The van der Waals surface area contributed by atoms with E-state index in [1.807, 2.05) is 35.9 Å². The van der Waals surface area contributed by atoms with Crippen molar-refractivity contribution in [2.75, 3.05) is 14.2 Å². The average molecular weight is 418 g/mol. The molecule has 0 fully saturated rings. The van der Waals surface area contributed by atoms with E-state index in [1.54, 1.807) is 31.9 Å². The van der Waals surface area contributed by atoms with E-state index in [4.69, 9.17) is 9.47 Å². The highest BCUT2D eigenvalue weighted by Gasteiger charge is 2.26. The number of methoxy groups -OCH3 is 2. The third-order valence-electron chi connectivity index (χ3n) is 4.89. The molecule has 8 nitrogen and oxygen atoms in total. The fourth-order valence-corrected chi connectivity index (χ4v) is 4.10. The lowest BCUT2D eigenvalue weighted by Gasteiger charge is -2.09. The second-order valence-electron chi connectivity index (χ2n) is 6.78. The van der Waals surface area contributed by atoms with E-state index in [0.717, 1.165) is 44.2 Å². The molecule has 1 aromatic carbocycles. The number of aromatic nitrogens is 6. The minimum absolute atomic E-state index is 0.361. The zero-order chi connectivity index (χ0) is 20.7. The van der Waals surface area contributed by atoms with Crippen molar-refractivity contribution in [3.05, 3.63) is 57.8 Å². The number of imidazole rings is 1. The van der Waals surface area contributed by atoms with Crippen molar-refractivity contribution in [3.63, 3.8) is 0 Å². The average Bonchev–Trinajstić information content (AvgIpc) is 3.44. The summed E-state index contributed by atoms with van der Waals surface area (Å²) in [6.07, 6.45) is 3.63. The molecule has 4 heterocycles. The van der Waals surface area contributed by atoms with Gasteiger partial charge in [-0.3, -0.25) is 4.57 Å². The first kappa shape index (κ1) is 18.5. The molecule has 0 saturated carbocycles. The van der Waals surface area contributed by atoms with Crippen LogP contribution in [-0.4, -0.2) is 43.5 Å². The number of thiazole rings is 1. The first-order chi connectivity index (χ1) is 14.7. The molecule has 0 N–H and O–H groups in total. The molecule has 0 spiro atoms. The van der Waals surface area contributed by atoms with Gasteiger partial charge in [-0.2, -0.15) is 0 Å². The number of rotatable bonds is 3. The van der Waals surface area contributed by atoms with Crippen LogP contribution >= 0.6 is 11.3 Å². The molecular weight excluding hydrogens is 400 g/mol. The number of benzene rings is 1. The molecule has 0 unspecified atom stereocenters. The zero-order valence-electron chi connectivity index (χ0n) is 16.7. The number of fused-ring (bicyclic) bond motifs is 5. The van der Waals surface area contributed by atoms with Gasteiger partial charge in [0.25, 0.3) is 0 Å². The molecule has 0 aliphatic carbocycles. The molecule has 0 atom stereocenters. The van der Waals surface area contributed by atoms with Gasteiger partial charge < -0.3 is 14.0 Å². The maximum absolute atomic E-state index is 5.44. The number of hydrogen-bond donors (Lipinski definition) is 0. The normalized spacial score (nSPS) is 11.7. The lowest BCUT2D eigenvalue weighted by Crippen LogP contribution is -2.09. The molecular formula is C21H18N6O2S. The van der Waals surface area contributed by atoms with E-state index >= 15 is 0 Å². The largest absolute Gasteiger partial charge is 0.497 e. The van der Waals surface area contributed by atoms with Crippen molar-refractivity contribution < 1.29 is 9.47 Å². The Labute approximate surface area is 177 Å². The van der Waals surface area contributed by atoms with Crippen LogP contribution in [0.15, 0.2) is 30.7 Å². The SMILES string of the molecule is COCc1nnc2n1Cc1c(C#Cc3ncc(C)s3)ncn1-c1ccc(OC)cc1-2. The Balaban J connectivity index is 1.69. The van der Waals surface area contributed by atoms with Crippen LogP contribution in [0.2, 0.25) is 0 Å². The van der Waals surface area contributed by atoms with E-state index in [-0.39, 0.29) is 0 Å². The molecule has 3 aromatic heterocycles. The number of nitrogens with zero attached hydrogens (tertiary/aromatic N) is 6. The summed E-state index contributed by atoms with van der Waals surface area (Å²) in [4.78, 5) is 10.0. The van der Waals surface area contributed by atoms with E-state index in [2.05, 4.69) is 36.6 Å². The lowest BCUT2D eigenvalue weighted by atomic mass is 10.1. The van der Waals surface area contributed by atoms with Gasteiger partial charge in [0.15, 0.2) is 16.7 Å². The number of aryl methyl sites for hydroxylation is 1. The smallest absolute Gasteiger partial charge is 0.167 e. The van der Waals surface area contributed by atoms with Crippen molar-refractivity contribution in [2.24, 2.45) is 0 Å². The van der Waals surface area contributed by atoms with E-state index in [1.165, 1.54) is 0 Å². The first-order valence-electron chi connectivity index (χ1n) is 9.28. The molecule has 0 saturated heterocycles. The molecule has 9 heteroatoms. The van der Waals surface area contributed by atoms with Gasteiger partial charge >= 0.3 is 0 Å². The summed E-state index contributed by atoms with van der Waals surface area (Å²) in [5.41, 5.74) is 3.52. The molecule has 150 valence electrons. The summed E-state index contributed by atoms with van der Waals surface area (Å²) in [7, 11) is 3.29. The van der Waals surface area contributed by atoms with Gasteiger partial charge in [0, 0.05) is 23.7 Å². The van der Waals surface area contributed by atoms with Gasteiger partial charge in [-0.1, -0.05) is 0 Å². The Bertz CT molecular complexity index is 1310. The Hall–Kier alpha value is -3.48. The monoisotopic (exact) mass is 418 g/mol. The molecule has 4 aromatic rings. The van der Waals surface area contributed by atoms with Crippen LogP contribution < -0.4 is 4.74 Å². The second-order valence-corrected chi connectivity index (χ2v) is 8.01. The highest BCUT2D eigenvalue weighted by Crippen LogP contribution is 2.34. The first-order valence-corrected chi connectivity index (χ1v) is 10.1. The van der Waals surface area contributed by atoms with Crippen molar-refractivity contribution in [1.82, 2.24) is 29.3 Å². The summed E-state index contributed by atoms with van der Waals surface area (Å²) < 4.78 is 14.9. The lowest BCUT2D eigenvalue weighted by molar-refractivity contribution is 0.174. The second kappa shape index (κ2) is 7.40. The van der Waals surface area contributed by atoms with Gasteiger partial charge in [-0.15, -0.1) is 21.5 Å². The Kier molecular flexibility index (Phi) is 4.58. The maximum atomic E-state index is 5.44. The molecule has 0 radical (unpaired) electrons. The quantitative estimate of drug-likeness (QED) is 0.419. The van der Waals surface area contributed by atoms with Crippen LogP contribution in [-0.2, 0) is 17.9 Å². The standard InChI is InChI=1S/C21H18N6O2S/c1-13-9-22-20(30-13)7-5-16-18-10-26-19(11-28-2)24-25-21(26)15-8-14(29-3)4-6-17(15)27(18)12-23-16/h4,6,8-9,12H,10-11H2,1-3H3. The fourth-order valence-electron chi connectivity index (χ4n) is 3.48. The van der Waals surface area contributed by atoms with Gasteiger partial charge in [0.1, 0.15) is 24.4 Å². The Morgan fingerprint density at radius 1 is 1.17 bits per heavy atom. The van der Waals surface area contributed by atoms with Crippen molar-refractivity contribution >= 4 is 11.3 Å². The van der Waals surface area contributed by atoms with Crippen molar-refractivity contribution in [1.29, 1.82) is 0 Å². The van der Waals surface area contributed by atoms with Crippen LogP contribution in [0.5, 0.6) is 5.75 Å². The van der Waals surface area contributed by atoms with Gasteiger partial charge in [0.2, 0.25) is 0 Å². The molecule has 0 amide bonds. The molecule has 0 bridgehead atoms. The highest BCUT2D eigenvalue weighted by molar-refractivity contribution is 7.12. The van der Waals surface area contributed by atoms with Crippen molar-refractivity contribution in [2.45, 2.75) is 20.1 Å². The van der Waals surface area contributed by atoms with Crippen LogP contribution in [0.3, 0.4) is 0 Å². The summed E-state index contributed by atoms with van der Waals surface area (Å²) in [5, 5.41) is 9.56. The highest BCUT2D eigenvalue weighted by atomic mass is 32.1. The third kappa shape index (κ3) is 3.07. The topological polar surface area (TPSA) is 79.9 Å². The van der Waals surface area contributed by atoms with Crippen LogP contribution in [0, 0.1) is 18.8 Å².